The van der Waals surface area contributed by atoms with Crippen LogP contribution in [0.5, 0.6) is 0 Å². The number of hydrogen-bond donors (Lipinski definition) is 2. The van der Waals surface area contributed by atoms with E-state index in [9.17, 15) is 14.4 Å². The molecule has 0 spiro atoms. The second-order valence-electron chi connectivity index (χ2n) is 7.57. The van der Waals surface area contributed by atoms with Crippen LogP contribution in [0.4, 0.5) is 5.69 Å². The average Bonchev–Trinajstić information content (AvgIpc) is 3.19. The van der Waals surface area contributed by atoms with Crippen LogP contribution < -0.4 is 16.1 Å². The normalized spacial score (nSPS) is 25.5. The van der Waals surface area contributed by atoms with E-state index in [4.69, 9.17) is 5.84 Å². The van der Waals surface area contributed by atoms with Gasteiger partial charge in [-0.25, -0.2) is 5.01 Å². The van der Waals surface area contributed by atoms with E-state index >= 15 is 0 Å². The lowest BCUT2D eigenvalue weighted by Crippen LogP contribution is -2.53. The number of anilines is 1. The predicted octanol–water partition coefficient (Wildman–Crippen LogP) is 1.27. The summed E-state index contributed by atoms with van der Waals surface area (Å²) >= 11 is 0. The Bertz CT molecular complexity index is 1000. The molecule has 2 unspecified atom stereocenters. The Hall–Kier alpha value is -2.77. The second-order valence-corrected chi connectivity index (χ2v) is 7.57. The number of hydrazine groups is 1. The van der Waals surface area contributed by atoms with Gasteiger partial charge in [0.25, 0.3) is 5.91 Å². The maximum Gasteiger partial charge on any atom is 0.259 e. The van der Waals surface area contributed by atoms with E-state index in [-0.39, 0.29) is 18.2 Å². The summed E-state index contributed by atoms with van der Waals surface area (Å²) in [7, 11) is 0. The quantitative estimate of drug-likeness (QED) is 0.618. The van der Waals surface area contributed by atoms with Crippen molar-refractivity contribution in [1.29, 1.82) is 0 Å². The average molecular weight is 364 g/mol. The number of hydrogen-bond acceptors (Lipinski definition) is 5. The summed E-state index contributed by atoms with van der Waals surface area (Å²) in [6, 6.07) is 9.23. The summed E-state index contributed by atoms with van der Waals surface area (Å²) in [6.45, 7) is 1.62. The summed E-state index contributed by atoms with van der Waals surface area (Å²) in [6.07, 6.45) is 1.55. The van der Waals surface area contributed by atoms with Gasteiger partial charge in [-0.3, -0.25) is 30.4 Å². The van der Waals surface area contributed by atoms with Crippen LogP contribution in [0.2, 0.25) is 0 Å². The third-order valence-corrected chi connectivity index (χ3v) is 5.90. The van der Waals surface area contributed by atoms with Crippen LogP contribution in [0.1, 0.15) is 41.1 Å². The molecule has 27 heavy (non-hydrogen) atoms. The summed E-state index contributed by atoms with van der Waals surface area (Å²) in [5.41, 5.74) is 2.50. The standard InChI is InChI=1S/C20H20N4O3/c21-23-7-6-12(10-23)13-8-11-2-1-3-15-18(11)14(9-13)20(27)24(15)16-4-5-17(25)22-19(16)26/h1-3,8-9,12,16H,4-7,10,21H2,(H,22,25,26). The Kier molecular flexibility index (Phi) is 3.57. The van der Waals surface area contributed by atoms with E-state index in [2.05, 4.69) is 11.4 Å². The van der Waals surface area contributed by atoms with Crippen molar-refractivity contribution in [2.45, 2.75) is 31.2 Å². The Labute approximate surface area is 156 Å². The summed E-state index contributed by atoms with van der Waals surface area (Å²) in [5.74, 6) is 5.36. The zero-order valence-electron chi connectivity index (χ0n) is 14.8. The number of imide groups is 1. The molecule has 2 fully saturated rings. The lowest BCUT2D eigenvalue weighted by molar-refractivity contribution is -0.134. The number of carbonyl (C=O) groups excluding carboxylic acids is 3. The number of nitrogens with two attached hydrogens (primary N) is 1. The molecule has 3 amide bonds. The molecule has 2 saturated heterocycles. The van der Waals surface area contributed by atoms with Crippen LogP contribution in [0.25, 0.3) is 10.8 Å². The molecular weight excluding hydrogens is 344 g/mol. The van der Waals surface area contributed by atoms with Gasteiger partial charge in [0.2, 0.25) is 11.8 Å². The lowest BCUT2D eigenvalue weighted by Gasteiger charge is -2.30. The molecule has 2 aromatic rings. The summed E-state index contributed by atoms with van der Waals surface area (Å²) < 4.78 is 0. The van der Waals surface area contributed by atoms with E-state index in [0.29, 0.717) is 17.9 Å². The van der Waals surface area contributed by atoms with Gasteiger partial charge in [-0.05, 0) is 41.8 Å². The minimum atomic E-state index is -0.650. The fraction of sp³-hybridized carbons (Fsp3) is 0.350. The van der Waals surface area contributed by atoms with Crippen molar-refractivity contribution in [2.75, 3.05) is 18.0 Å². The zero-order chi connectivity index (χ0) is 18.7. The summed E-state index contributed by atoms with van der Waals surface area (Å²) in [5, 5.41) is 6.05. The van der Waals surface area contributed by atoms with Crippen LogP contribution >= 0.6 is 0 Å². The Morgan fingerprint density at radius 3 is 2.70 bits per heavy atom. The van der Waals surface area contributed by atoms with Gasteiger partial charge in [0.1, 0.15) is 6.04 Å². The number of nitrogens with zero attached hydrogens (tertiary/aromatic N) is 2. The molecule has 7 heteroatoms. The Balaban J connectivity index is 1.59. The van der Waals surface area contributed by atoms with Crippen molar-refractivity contribution >= 4 is 34.2 Å². The maximum atomic E-state index is 13.3. The molecule has 0 aromatic heterocycles. The molecule has 0 radical (unpaired) electrons. The first-order valence-corrected chi connectivity index (χ1v) is 9.26. The molecule has 5 rings (SSSR count). The Morgan fingerprint density at radius 2 is 1.96 bits per heavy atom. The SMILES string of the molecule is NN1CCC(c2cc3c4c(cccc4c2)N(C2CCC(=O)NC2=O)C3=O)C1. The van der Waals surface area contributed by atoms with Crippen molar-refractivity contribution in [2.24, 2.45) is 5.84 Å². The molecular formula is C20H20N4O3. The van der Waals surface area contributed by atoms with Crippen molar-refractivity contribution in [3.63, 3.8) is 0 Å². The first-order valence-electron chi connectivity index (χ1n) is 9.26. The van der Waals surface area contributed by atoms with Gasteiger partial charge >= 0.3 is 0 Å². The van der Waals surface area contributed by atoms with Crippen molar-refractivity contribution in [1.82, 2.24) is 10.3 Å². The molecule has 3 heterocycles. The van der Waals surface area contributed by atoms with Gasteiger partial charge in [-0.15, -0.1) is 0 Å². The first kappa shape index (κ1) is 16.4. The third kappa shape index (κ3) is 2.46. The fourth-order valence-corrected chi connectivity index (χ4v) is 4.57. The molecule has 3 aliphatic heterocycles. The molecule has 0 saturated carbocycles. The van der Waals surface area contributed by atoms with Gasteiger partial charge in [0.15, 0.2) is 0 Å². The fourth-order valence-electron chi connectivity index (χ4n) is 4.57. The van der Waals surface area contributed by atoms with Crippen LogP contribution in [-0.4, -0.2) is 41.9 Å². The molecule has 2 aromatic carbocycles. The number of amides is 3. The van der Waals surface area contributed by atoms with Gasteiger partial charge in [-0.1, -0.05) is 18.2 Å². The molecule has 3 aliphatic rings. The number of rotatable bonds is 2. The topological polar surface area (TPSA) is 95.7 Å². The minimum Gasteiger partial charge on any atom is -0.295 e. The molecule has 2 atom stereocenters. The molecule has 3 N–H and O–H groups in total. The molecule has 7 nitrogen and oxygen atoms in total. The van der Waals surface area contributed by atoms with Crippen LogP contribution in [0.3, 0.4) is 0 Å². The first-order chi connectivity index (χ1) is 13.0. The number of carbonyl (C=O) groups is 3. The maximum absolute atomic E-state index is 13.3. The number of benzene rings is 2. The van der Waals surface area contributed by atoms with Crippen LogP contribution in [0, 0.1) is 0 Å². The van der Waals surface area contributed by atoms with Gasteiger partial charge in [0, 0.05) is 24.9 Å². The predicted molar refractivity (Wildman–Crippen MR) is 100 cm³/mol. The zero-order valence-corrected chi connectivity index (χ0v) is 14.8. The van der Waals surface area contributed by atoms with Crippen LogP contribution in [0.15, 0.2) is 30.3 Å². The van der Waals surface area contributed by atoms with Crippen molar-refractivity contribution < 1.29 is 14.4 Å². The highest BCUT2D eigenvalue weighted by Gasteiger charge is 2.41. The van der Waals surface area contributed by atoms with E-state index in [1.807, 2.05) is 29.3 Å². The highest BCUT2D eigenvalue weighted by atomic mass is 16.2. The highest BCUT2D eigenvalue weighted by Crippen LogP contribution is 2.42. The lowest BCUT2D eigenvalue weighted by atomic mass is 9.93. The smallest absolute Gasteiger partial charge is 0.259 e. The second kappa shape index (κ2) is 5.87. The highest BCUT2D eigenvalue weighted by molar-refractivity contribution is 6.27. The van der Waals surface area contributed by atoms with E-state index in [1.165, 1.54) is 0 Å². The van der Waals surface area contributed by atoms with Crippen molar-refractivity contribution in [3.05, 3.63) is 41.5 Å². The third-order valence-electron chi connectivity index (χ3n) is 5.90. The van der Waals surface area contributed by atoms with E-state index in [0.717, 1.165) is 41.5 Å². The van der Waals surface area contributed by atoms with Gasteiger partial charge in [0.05, 0.1) is 11.3 Å². The summed E-state index contributed by atoms with van der Waals surface area (Å²) in [4.78, 5) is 38.7. The Morgan fingerprint density at radius 1 is 1.11 bits per heavy atom. The minimum absolute atomic E-state index is 0.167. The monoisotopic (exact) mass is 364 g/mol. The van der Waals surface area contributed by atoms with Crippen molar-refractivity contribution in [3.8, 4) is 0 Å². The van der Waals surface area contributed by atoms with Gasteiger partial charge < -0.3 is 0 Å². The van der Waals surface area contributed by atoms with E-state index in [1.54, 1.807) is 4.90 Å². The largest absolute Gasteiger partial charge is 0.295 e. The molecule has 0 bridgehead atoms. The molecule has 138 valence electrons. The molecule has 0 aliphatic carbocycles. The van der Waals surface area contributed by atoms with E-state index < -0.39 is 11.9 Å². The number of nitrogens with one attached hydrogen (secondary N) is 1. The van der Waals surface area contributed by atoms with Gasteiger partial charge in [-0.2, -0.15) is 0 Å². The van der Waals surface area contributed by atoms with Crippen LogP contribution in [-0.2, 0) is 9.59 Å². The number of piperidine rings is 1.